The third-order valence-corrected chi connectivity index (χ3v) is 3.94. The van der Waals surface area contributed by atoms with Gasteiger partial charge >= 0.3 is 0 Å². The van der Waals surface area contributed by atoms with Crippen molar-refractivity contribution in [1.82, 2.24) is 15.2 Å². The highest BCUT2D eigenvalue weighted by Gasteiger charge is 2.17. The molecule has 0 spiro atoms. The van der Waals surface area contributed by atoms with Crippen LogP contribution in [0.1, 0.15) is 43.5 Å². The Morgan fingerprint density at radius 1 is 1.29 bits per heavy atom. The first-order valence-corrected chi connectivity index (χ1v) is 6.63. The molecule has 2 aromatic heterocycles. The molecule has 0 amide bonds. The van der Waals surface area contributed by atoms with Crippen LogP contribution in [0.4, 0.5) is 0 Å². The summed E-state index contributed by atoms with van der Waals surface area (Å²) in [6, 6.07) is 2.01. The number of nitrogens with one attached hydrogen (secondary N) is 1. The Labute approximate surface area is 102 Å². The van der Waals surface area contributed by atoms with Crippen molar-refractivity contribution >= 4 is 10.9 Å². The summed E-state index contributed by atoms with van der Waals surface area (Å²) < 4.78 is 0. The first-order chi connectivity index (χ1) is 8.34. The first kappa shape index (κ1) is 10.8. The van der Waals surface area contributed by atoms with Crippen LogP contribution in [-0.2, 0) is 6.42 Å². The number of rotatable bonds is 2. The second-order valence-corrected chi connectivity index (χ2v) is 5.20. The lowest BCUT2D eigenvalue weighted by atomic mass is 9.85. The van der Waals surface area contributed by atoms with E-state index in [1.54, 1.807) is 0 Å². The molecule has 1 fully saturated rings. The summed E-state index contributed by atoms with van der Waals surface area (Å²) in [5.74, 6) is 0.830. The number of aryl methyl sites for hydroxylation is 1. The fraction of sp³-hybridized carbons (Fsp3) is 0.571. The predicted molar refractivity (Wildman–Crippen MR) is 68.9 cm³/mol. The number of hydrogen-bond acceptors (Lipinski definition) is 2. The molecule has 0 aliphatic heterocycles. The number of aromatic nitrogens is 3. The Bertz CT molecular complexity index is 509. The summed E-state index contributed by atoms with van der Waals surface area (Å²) in [5, 5.41) is 8.61. The smallest absolute Gasteiger partial charge is 0.0688 e. The maximum absolute atomic E-state index is 4.57. The van der Waals surface area contributed by atoms with Gasteiger partial charge in [0.25, 0.3) is 0 Å². The third kappa shape index (κ3) is 2.06. The van der Waals surface area contributed by atoms with Crippen LogP contribution in [-0.4, -0.2) is 15.2 Å². The van der Waals surface area contributed by atoms with E-state index >= 15 is 0 Å². The van der Waals surface area contributed by atoms with Gasteiger partial charge in [0.15, 0.2) is 0 Å². The summed E-state index contributed by atoms with van der Waals surface area (Å²) in [6.45, 7) is 2.06. The molecule has 2 heterocycles. The van der Waals surface area contributed by atoms with E-state index < -0.39 is 0 Å². The van der Waals surface area contributed by atoms with Crippen LogP contribution in [0.15, 0.2) is 12.3 Å². The molecule has 1 N–H and O–H groups in total. The topological polar surface area (TPSA) is 41.6 Å². The highest BCUT2D eigenvalue weighted by Crippen LogP contribution is 2.29. The Hall–Kier alpha value is -1.38. The lowest BCUT2D eigenvalue weighted by molar-refractivity contribution is 0.355. The van der Waals surface area contributed by atoms with Crippen LogP contribution in [0.3, 0.4) is 0 Å². The first-order valence-electron chi connectivity index (χ1n) is 6.63. The Morgan fingerprint density at radius 2 is 2.12 bits per heavy atom. The van der Waals surface area contributed by atoms with Crippen LogP contribution in [0.25, 0.3) is 10.9 Å². The molecule has 0 aromatic carbocycles. The summed E-state index contributed by atoms with van der Waals surface area (Å²) in [4.78, 5) is 4.57. The second kappa shape index (κ2) is 4.47. The van der Waals surface area contributed by atoms with Crippen molar-refractivity contribution in [1.29, 1.82) is 0 Å². The minimum Gasteiger partial charge on any atom is -0.277 e. The Kier molecular flexibility index (Phi) is 2.83. The maximum Gasteiger partial charge on any atom is 0.0688 e. The van der Waals surface area contributed by atoms with Crippen LogP contribution in [0.5, 0.6) is 0 Å². The Morgan fingerprint density at radius 3 is 2.94 bits per heavy atom. The predicted octanol–water partition coefficient (Wildman–Crippen LogP) is 3.39. The zero-order valence-electron chi connectivity index (χ0n) is 10.4. The van der Waals surface area contributed by atoms with Crippen molar-refractivity contribution in [2.45, 2.75) is 45.4 Å². The molecule has 0 radical (unpaired) electrons. The fourth-order valence-corrected chi connectivity index (χ4v) is 3.02. The van der Waals surface area contributed by atoms with E-state index in [1.165, 1.54) is 43.2 Å². The van der Waals surface area contributed by atoms with E-state index in [-0.39, 0.29) is 0 Å². The third-order valence-electron chi connectivity index (χ3n) is 3.94. The van der Waals surface area contributed by atoms with E-state index in [1.807, 2.05) is 12.3 Å². The lowest BCUT2D eigenvalue weighted by Gasteiger charge is -2.21. The van der Waals surface area contributed by atoms with Crippen molar-refractivity contribution in [3.63, 3.8) is 0 Å². The van der Waals surface area contributed by atoms with Crippen LogP contribution in [0, 0.1) is 12.8 Å². The minimum atomic E-state index is 0.830. The van der Waals surface area contributed by atoms with Gasteiger partial charge in [-0.1, -0.05) is 32.1 Å². The maximum atomic E-state index is 4.57. The van der Waals surface area contributed by atoms with E-state index in [0.717, 1.165) is 23.5 Å². The van der Waals surface area contributed by atoms with Gasteiger partial charge in [-0.15, -0.1) is 0 Å². The summed E-state index contributed by atoms with van der Waals surface area (Å²) >= 11 is 0. The van der Waals surface area contributed by atoms with Crippen molar-refractivity contribution in [2.75, 3.05) is 0 Å². The van der Waals surface area contributed by atoms with Crippen molar-refractivity contribution in [3.8, 4) is 0 Å². The average molecular weight is 229 g/mol. The van der Waals surface area contributed by atoms with Gasteiger partial charge in [0, 0.05) is 11.6 Å². The zero-order valence-corrected chi connectivity index (χ0v) is 10.4. The molecule has 2 aromatic rings. The molecule has 3 heteroatoms. The van der Waals surface area contributed by atoms with E-state index in [0.29, 0.717) is 0 Å². The standard InChI is InChI=1S/C14H19N3/c1-10-14-12(17-16-10)7-8-15-13(14)9-11-5-3-2-4-6-11/h7-8,11H,2-6,9H2,1H3,(H,16,17). The molecule has 1 aliphatic carbocycles. The molecule has 0 atom stereocenters. The van der Waals surface area contributed by atoms with Crippen molar-refractivity contribution in [3.05, 3.63) is 23.7 Å². The summed E-state index contributed by atoms with van der Waals surface area (Å²) in [5.41, 5.74) is 3.45. The van der Waals surface area contributed by atoms with E-state index in [9.17, 15) is 0 Å². The van der Waals surface area contributed by atoms with Gasteiger partial charge in [0.05, 0.1) is 16.9 Å². The number of H-pyrrole nitrogens is 1. The largest absolute Gasteiger partial charge is 0.277 e. The molecule has 0 saturated heterocycles. The molecule has 3 nitrogen and oxygen atoms in total. The number of fused-ring (bicyclic) bond motifs is 1. The van der Waals surface area contributed by atoms with Crippen molar-refractivity contribution in [2.24, 2.45) is 5.92 Å². The fourth-order valence-electron chi connectivity index (χ4n) is 3.02. The van der Waals surface area contributed by atoms with Crippen LogP contribution in [0.2, 0.25) is 0 Å². The minimum absolute atomic E-state index is 0.830. The molecule has 3 rings (SSSR count). The second-order valence-electron chi connectivity index (χ2n) is 5.20. The molecule has 0 bridgehead atoms. The van der Waals surface area contributed by atoms with E-state index in [2.05, 4.69) is 22.1 Å². The van der Waals surface area contributed by atoms with Gasteiger partial charge < -0.3 is 0 Å². The number of hydrogen-bond donors (Lipinski definition) is 1. The molecule has 0 unspecified atom stereocenters. The van der Waals surface area contributed by atoms with Crippen molar-refractivity contribution < 1.29 is 0 Å². The monoisotopic (exact) mass is 229 g/mol. The molecule has 1 aliphatic rings. The van der Waals surface area contributed by atoms with Gasteiger partial charge in [-0.3, -0.25) is 10.1 Å². The molecular weight excluding hydrogens is 210 g/mol. The van der Waals surface area contributed by atoms with Gasteiger partial charge in [-0.25, -0.2) is 0 Å². The van der Waals surface area contributed by atoms with E-state index in [4.69, 9.17) is 0 Å². The van der Waals surface area contributed by atoms with Gasteiger partial charge in [-0.05, 0) is 25.3 Å². The normalized spacial score (nSPS) is 17.7. The van der Waals surface area contributed by atoms with Gasteiger partial charge in [-0.2, -0.15) is 5.10 Å². The highest BCUT2D eigenvalue weighted by molar-refractivity contribution is 5.83. The molecule has 1 saturated carbocycles. The van der Waals surface area contributed by atoms with Crippen LogP contribution >= 0.6 is 0 Å². The molecule has 90 valence electrons. The summed E-state index contributed by atoms with van der Waals surface area (Å²) in [7, 11) is 0. The SMILES string of the molecule is Cc1n[nH]c2ccnc(CC3CCCCC3)c12. The van der Waals surface area contributed by atoms with Crippen LogP contribution < -0.4 is 0 Å². The summed E-state index contributed by atoms with van der Waals surface area (Å²) in [6.07, 6.45) is 9.97. The molecular formula is C14H19N3. The number of aromatic amines is 1. The number of nitrogens with zero attached hydrogens (tertiary/aromatic N) is 2. The quantitative estimate of drug-likeness (QED) is 0.857. The Balaban J connectivity index is 1.91. The molecule has 17 heavy (non-hydrogen) atoms. The van der Waals surface area contributed by atoms with Gasteiger partial charge in [0.2, 0.25) is 0 Å². The number of pyridine rings is 1. The van der Waals surface area contributed by atoms with Gasteiger partial charge in [0.1, 0.15) is 0 Å². The zero-order chi connectivity index (χ0) is 11.7. The lowest BCUT2D eigenvalue weighted by Crippen LogP contribution is -2.10. The highest BCUT2D eigenvalue weighted by atomic mass is 15.1. The average Bonchev–Trinajstić information content (AvgIpc) is 2.74.